The van der Waals surface area contributed by atoms with Crippen LogP contribution in [0.25, 0.3) is 27.3 Å². The van der Waals surface area contributed by atoms with Gasteiger partial charge >= 0.3 is 0 Å². The van der Waals surface area contributed by atoms with E-state index in [1.165, 1.54) is 4.52 Å². The van der Waals surface area contributed by atoms with E-state index in [0.717, 1.165) is 29.7 Å². The minimum atomic E-state index is -0.142. The number of morpholine rings is 1. The molecule has 2 aromatic carbocycles. The topological polar surface area (TPSA) is 59.7 Å². The second kappa shape index (κ2) is 6.03. The molecule has 0 aliphatic carbocycles. The van der Waals surface area contributed by atoms with Gasteiger partial charge in [0, 0.05) is 23.9 Å². The summed E-state index contributed by atoms with van der Waals surface area (Å²) in [5.41, 5.74) is 1.14. The summed E-state index contributed by atoms with van der Waals surface area (Å²) in [5.74, 6) is 0.805. The Morgan fingerprint density at radius 3 is 2.30 bits per heavy atom. The largest absolute Gasteiger partial charge is 0.372 e. The molecule has 1 fully saturated rings. The summed E-state index contributed by atoms with van der Waals surface area (Å²) in [4.78, 5) is 20.1. The lowest BCUT2D eigenvalue weighted by atomic mass is 10.1. The van der Waals surface area contributed by atoms with Crippen molar-refractivity contribution >= 4 is 33.1 Å². The van der Waals surface area contributed by atoms with E-state index >= 15 is 0 Å². The first-order chi connectivity index (χ1) is 13.1. The normalized spacial score (nSPS) is 20.6. The highest BCUT2D eigenvalue weighted by molar-refractivity contribution is 6.01. The van der Waals surface area contributed by atoms with Crippen LogP contribution in [0.1, 0.15) is 13.8 Å². The number of anilines is 1. The molecule has 1 aliphatic heterocycles. The number of nitrogens with zero attached hydrogens (tertiary/aromatic N) is 4. The van der Waals surface area contributed by atoms with E-state index in [0.29, 0.717) is 16.6 Å². The van der Waals surface area contributed by atoms with Crippen LogP contribution in [0.15, 0.2) is 53.3 Å². The standard InChI is InChI=1S/C21H20N4O2/c1-13-11-24(12-14(2)27-13)20-16-8-4-3-7-15(16)19-22-18-10-6-5-9-17(18)21(26)25(19)23-20/h3-10,13-14H,11-12H2,1-2H3/t13-,14-/m0/s1. The van der Waals surface area contributed by atoms with Crippen molar-refractivity contribution in [3.63, 3.8) is 0 Å². The smallest absolute Gasteiger partial charge is 0.282 e. The summed E-state index contributed by atoms with van der Waals surface area (Å²) in [7, 11) is 0. The van der Waals surface area contributed by atoms with E-state index in [4.69, 9.17) is 14.8 Å². The molecule has 6 nitrogen and oxygen atoms in total. The average Bonchev–Trinajstić information content (AvgIpc) is 2.67. The van der Waals surface area contributed by atoms with Crippen molar-refractivity contribution in [2.24, 2.45) is 0 Å². The monoisotopic (exact) mass is 360 g/mol. The number of ether oxygens (including phenoxy) is 1. The van der Waals surface area contributed by atoms with Gasteiger partial charge in [-0.2, -0.15) is 4.52 Å². The SMILES string of the molecule is C[C@H]1CN(c2nn3c(=O)c4ccccc4nc3c3ccccc23)C[C@H](C)O1. The molecule has 0 unspecified atom stereocenters. The Morgan fingerprint density at radius 1 is 0.926 bits per heavy atom. The molecule has 0 amide bonds. The van der Waals surface area contributed by atoms with Gasteiger partial charge in [-0.1, -0.05) is 36.4 Å². The third-order valence-electron chi connectivity index (χ3n) is 5.08. The highest BCUT2D eigenvalue weighted by atomic mass is 16.5. The summed E-state index contributed by atoms with van der Waals surface area (Å²) < 4.78 is 7.32. The molecule has 4 aromatic rings. The number of fused-ring (bicyclic) bond motifs is 4. The van der Waals surface area contributed by atoms with Gasteiger partial charge in [0.05, 0.1) is 23.1 Å². The lowest BCUT2D eigenvalue weighted by Gasteiger charge is -2.36. The molecule has 3 heterocycles. The average molecular weight is 360 g/mol. The van der Waals surface area contributed by atoms with E-state index in [-0.39, 0.29) is 17.8 Å². The summed E-state index contributed by atoms with van der Waals surface area (Å²) in [6, 6.07) is 15.4. The Morgan fingerprint density at radius 2 is 1.56 bits per heavy atom. The molecule has 2 aromatic heterocycles. The van der Waals surface area contributed by atoms with Crippen LogP contribution in [-0.4, -0.2) is 39.9 Å². The van der Waals surface area contributed by atoms with Gasteiger partial charge in [-0.3, -0.25) is 4.79 Å². The minimum Gasteiger partial charge on any atom is -0.372 e. The first-order valence-corrected chi connectivity index (χ1v) is 9.23. The van der Waals surface area contributed by atoms with E-state index in [9.17, 15) is 4.79 Å². The molecule has 5 rings (SSSR count). The summed E-state index contributed by atoms with van der Waals surface area (Å²) in [6.45, 7) is 5.60. The Kier molecular flexibility index (Phi) is 3.62. The van der Waals surface area contributed by atoms with Gasteiger partial charge in [-0.15, -0.1) is 5.10 Å². The molecule has 1 aliphatic rings. The molecule has 6 heteroatoms. The van der Waals surface area contributed by atoms with Gasteiger partial charge < -0.3 is 9.64 Å². The van der Waals surface area contributed by atoms with E-state index in [1.54, 1.807) is 6.07 Å². The predicted octanol–water partition coefficient (Wildman–Crippen LogP) is 3.01. The Bertz CT molecular complexity index is 1220. The van der Waals surface area contributed by atoms with Crippen LogP contribution >= 0.6 is 0 Å². The van der Waals surface area contributed by atoms with Gasteiger partial charge in [-0.25, -0.2) is 4.98 Å². The van der Waals surface area contributed by atoms with Crippen molar-refractivity contribution < 1.29 is 4.74 Å². The maximum Gasteiger partial charge on any atom is 0.282 e. The zero-order valence-corrected chi connectivity index (χ0v) is 15.3. The lowest BCUT2D eigenvalue weighted by Crippen LogP contribution is -2.46. The summed E-state index contributed by atoms with van der Waals surface area (Å²) in [5, 5.41) is 7.26. The maximum absolute atomic E-state index is 13.1. The fraction of sp³-hybridized carbons (Fsp3) is 0.286. The zero-order chi connectivity index (χ0) is 18.5. The first kappa shape index (κ1) is 16.2. The van der Waals surface area contributed by atoms with Crippen LogP contribution in [-0.2, 0) is 4.74 Å². The van der Waals surface area contributed by atoms with Crippen molar-refractivity contribution in [3.05, 3.63) is 58.9 Å². The highest BCUT2D eigenvalue weighted by Gasteiger charge is 2.25. The van der Waals surface area contributed by atoms with Crippen LogP contribution < -0.4 is 10.5 Å². The molecular weight excluding hydrogens is 340 g/mol. The van der Waals surface area contributed by atoms with Crippen molar-refractivity contribution in [1.82, 2.24) is 14.6 Å². The molecule has 2 atom stereocenters. The van der Waals surface area contributed by atoms with Crippen LogP contribution in [0.2, 0.25) is 0 Å². The van der Waals surface area contributed by atoms with E-state index < -0.39 is 0 Å². The van der Waals surface area contributed by atoms with Gasteiger partial charge in [-0.05, 0) is 26.0 Å². The Hall–Kier alpha value is -2.99. The van der Waals surface area contributed by atoms with Crippen molar-refractivity contribution in [2.75, 3.05) is 18.0 Å². The molecule has 27 heavy (non-hydrogen) atoms. The van der Waals surface area contributed by atoms with Gasteiger partial charge in [0.15, 0.2) is 11.5 Å². The summed E-state index contributed by atoms with van der Waals surface area (Å²) >= 11 is 0. The second-order valence-corrected chi connectivity index (χ2v) is 7.20. The number of benzene rings is 2. The predicted molar refractivity (Wildman–Crippen MR) is 106 cm³/mol. The highest BCUT2D eigenvalue weighted by Crippen LogP contribution is 2.29. The Labute approximate surface area is 156 Å². The fourth-order valence-corrected chi connectivity index (χ4v) is 4.00. The van der Waals surface area contributed by atoms with Crippen LogP contribution in [0.4, 0.5) is 5.82 Å². The maximum atomic E-state index is 13.1. The third kappa shape index (κ3) is 2.56. The molecule has 0 spiro atoms. The number of hydrogen-bond donors (Lipinski definition) is 0. The minimum absolute atomic E-state index is 0.108. The van der Waals surface area contributed by atoms with Crippen molar-refractivity contribution in [3.8, 4) is 0 Å². The molecule has 0 radical (unpaired) electrons. The second-order valence-electron chi connectivity index (χ2n) is 7.20. The summed E-state index contributed by atoms with van der Waals surface area (Å²) in [6.07, 6.45) is 0.216. The number of rotatable bonds is 1. The van der Waals surface area contributed by atoms with E-state index in [1.807, 2.05) is 42.5 Å². The van der Waals surface area contributed by atoms with Crippen molar-refractivity contribution in [1.29, 1.82) is 0 Å². The zero-order valence-electron chi connectivity index (χ0n) is 15.3. The first-order valence-electron chi connectivity index (χ1n) is 9.23. The molecule has 0 bridgehead atoms. The van der Waals surface area contributed by atoms with Crippen molar-refractivity contribution in [2.45, 2.75) is 26.1 Å². The number of hydrogen-bond acceptors (Lipinski definition) is 5. The van der Waals surface area contributed by atoms with Gasteiger partial charge in [0.1, 0.15) is 0 Å². The van der Waals surface area contributed by atoms with Gasteiger partial charge in [0.25, 0.3) is 5.56 Å². The number of aromatic nitrogens is 3. The Balaban J connectivity index is 1.86. The van der Waals surface area contributed by atoms with E-state index in [2.05, 4.69) is 18.7 Å². The van der Waals surface area contributed by atoms with Crippen LogP contribution in [0.5, 0.6) is 0 Å². The quantitative estimate of drug-likeness (QED) is 0.386. The molecule has 0 saturated carbocycles. The van der Waals surface area contributed by atoms with Crippen LogP contribution in [0, 0.1) is 0 Å². The number of para-hydroxylation sites is 1. The van der Waals surface area contributed by atoms with Crippen LogP contribution in [0.3, 0.4) is 0 Å². The third-order valence-corrected chi connectivity index (χ3v) is 5.08. The molecular formula is C21H20N4O2. The molecule has 0 N–H and O–H groups in total. The molecule has 136 valence electrons. The van der Waals surface area contributed by atoms with Gasteiger partial charge in [0.2, 0.25) is 0 Å². The fourth-order valence-electron chi connectivity index (χ4n) is 4.00. The molecule has 1 saturated heterocycles. The lowest BCUT2D eigenvalue weighted by molar-refractivity contribution is -0.00542.